The first-order valence-corrected chi connectivity index (χ1v) is 10.6. The molecule has 0 N–H and O–H groups in total. The van der Waals surface area contributed by atoms with Crippen molar-refractivity contribution in [2.24, 2.45) is 14.1 Å². The van der Waals surface area contributed by atoms with E-state index in [-0.39, 0.29) is 6.10 Å². The van der Waals surface area contributed by atoms with Gasteiger partial charge in [0, 0.05) is 57.6 Å². The van der Waals surface area contributed by atoms with Crippen molar-refractivity contribution in [1.82, 2.24) is 24.5 Å². The zero-order valence-electron chi connectivity index (χ0n) is 17.7. The van der Waals surface area contributed by atoms with Gasteiger partial charge in [-0.1, -0.05) is 23.7 Å². The van der Waals surface area contributed by atoms with Crippen LogP contribution in [0, 0.1) is 6.92 Å². The molecule has 0 spiro atoms. The highest BCUT2D eigenvalue weighted by Gasteiger charge is 2.25. The van der Waals surface area contributed by atoms with Crippen LogP contribution in [0.2, 0.25) is 5.02 Å². The molecule has 0 unspecified atom stereocenters. The minimum absolute atomic E-state index is 0.0276. The van der Waals surface area contributed by atoms with Crippen molar-refractivity contribution in [3.05, 3.63) is 64.2 Å². The molecule has 4 rings (SSSR count). The molecule has 1 aliphatic heterocycles. The summed E-state index contributed by atoms with van der Waals surface area (Å²) >= 11 is 6.16. The Morgan fingerprint density at radius 2 is 2.07 bits per heavy atom. The number of morpholine rings is 1. The van der Waals surface area contributed by atoms with Crippen LogP contribution in [0.1, 0.15) is 28.7 Å². The maximum absolute atomic E-state index is 6.16. The van der Waals surface area contributed by atoms with E-state index >= 15 is 0 Å². The monoisotopic (exact) mass is 429 g/mol. The van der Waals surface area contributed by atoms with Crippen molar-refractivity contribution in [2.75, 3.05) is 26.3 Å². The van der Waals surface area contributed by atoms with Gasteiger partial charge in [0.25, 0.3) is 0 Å². The molecule has 1 saturated heterocycles. The Morgan fingerprint density at radius 3 is 2.83 bits per heavy atom. The third-order valence-electron chi connectivity index (χ3n) is 5.44. The molecule has 7 nitrogen and oxygen atoms in total. The molecule has 1 fully saturated rings. The summed E-state index contributed by atoms with van der Waals surface area (Å²) in [6.07, 6.45) is 2.82. The number of hydrogen-bond donors (Lipinski definition) is 0. The number of benzene rings is 1. The van der Waals surface area contributed by atoms with E-state index in [1.165, 1.54) is 5.56 Å². The fourth-order valence-electron chi connectivity index (χ4n) is 3.82. The molecule has 2 aromatic heterocycles. The van der Waals surface area contributed by atoms with Gasteiger partial charge in [-0.3, -0.25) is 14.3 Å². The largest absolute Gasteiger partial charge is 0.492 e. The summed E-state index contributed by atoms with van der Waals surface area (Å²) < 4.78 is 15.7. The summed E-state index contributed by atoms with van der Waals surface area (Å²) in [5.41, 5.74) is 4.43. The first-order chi connectivity index (χ1) is 14.5. The Kier molecular flexibility index (Phi) is 6.41. The van der Waals surface area contributed by atoms with Gasteiger partial charge in [-0.15, -0.1) is 0 Å². The molecule has 1 aliphatic rings. The SMILES string of the molecule is Cc1nn(C)cc1CN1CCO[C@@H](c2cc(CCOc3ccccc3Cl)n(C)n2)C1. The lowest BCUT2D eigenvalue weighted by Gasteiger charge is -2.31. The predicted molar refractivity (Wildman–Crippen MR) is 116 cm³/mol. The van der Waals surface area contributed by atoms with E-state index in [0.29, 0.717) is 24.0 Å². The summed E-state index contributed by atoms with van der Waals surface area (Å²) in [4.78, 5) is 2.41. The number of para-hydroxylation sites is 1. The van der Waals surface area contributed by atoms with Crippen molar-refractivity contribution in [3.63, 3.8) is 0 Å². The second kappa shape index (κ2) is 9.20. The van der Waals surface area contributed by atoms with Crippen LogP contribution in [-0.2, 0) is 31.8 Å². The second-order valence-corrected chi connectivity index (χ2v) is 8.13. The van der Waals surface area contributed by atoms with Crippen LogP contribution in [0.4, 0.5) is 0 Å². The van der Waals surface area contributed by atoms with E-state index in [4.69, 9.17) is 26.2 Å². The van der Waals surface area contributed by atoms with Gasteiger partial charge < -0.3 is 9.47 Å². The zero-order valence-corrected chi connectivity index (χ0v) is 18.5. The number of nitrogens with zero attached hydrogens (tertiary/aromatic N) is 5. The third-order valence-corrected chi connectivity index (χ3v) is 5.75. The van der Waals surface area contributed by atoms with E-state index in [2.05, 4.69) is 29.2 Å². The molecule has 0 radical (unpaired) electrons. The molecule has 8 heteroatoms. The topological polar surface area (TPSA) is 57.3 Å². The fraction of sp³-hybridized carbons (Fsp3) is 0.455. The van der Waals surface area contributed by atoms with E-state index in [1.807, 2.05) is 47.7 Å². The lowest BCUT2D eigenvalue weighted by atomic mass is 10.1. The molecule has 3 heterocycles. The number of ether oxygens (including phenoxy) is 2. The summed E-state index contributed by atoms with van der Waals surface area (Å²) in [7, 11) is 3.93. The molecule has 0 amide bonds. The number of rotatable bonds is 7. The Labute approximate surface area is 182 Å². The van der Waals surface area contributed by atoms with E-state index < -0.39 is 0 Å². The van der Waals surface area contributed by atoms with Gasteiger partial charge in [0.15, 0.2) is 0 Å². The normalized spacial score (nSPS) is 17.4. The standard InChI is InChI=1S/C22H28ClN5O2/c1-16-17(13-26(2)24-16)14-28-9-11-30-22(15-28)20-12-18(27(3)25-20)8-10-29-21-7-5-4-6-19(21)23/h4-7,12-13,22H,8-11,14-15H2,1-3H3/t22-/m1/s1. The van der Waals surface area contributed by atoms with Crippen LogP contribution < -0.4 is 4.74 Å². The average molecular weight is 430 g/mol. The third kappa shape index (κ3) is 4.86. The van der Waals surface area contributed by atoms with Crippen LogP contribution in [0.25, 0.3) is 0 Å². The average Bonchev–Trinajstić information content (AvgIpc) is 3.25. The summed E-state index contributed by atoms with van der Waals surface area (Å²) in [5, 5.41) is 9.78. The van der Waals surface area contributed by atoms with Gasteiger partial charge in [0.2, 0.25) is 0 Å². The van der Waals surface area contributed by atoms with Crippen molar-refractivity contribution in [3.8, 4) is 5.75 Å². The van der Waals surface area contributed by atoms with E-state index in [0.717, 1.165) is 43.1 Å². The number of hydrogen-bond acceptors (Lipinski definition) is 5. The van der Waals surface area contributed by atoms with Gasteiger partial charge in [0.05, 0.1) is 29.6 Å². The molecule has 30 heavy (non-hydrogen) atoms. The van der Waals surface area contributed by atoms with Crippen molar-refractivity contribution in [2.45, 2.75) is 26.0 Å². The maximum atomic E-state index is 6.16. The number of halogens is 1. The summed E-state index contributed by atoms with van der Waals surface area (Å²) in [6.45, 7) is 5.91. The van der Waals surface area contributed by atoms with Crippen LogP contribution in [-0.4, -0.2) is 50.8 Å². The minimum atomic E-state index is -0.0276. The van der Waals surface area contributed by atoms with Crippen molar-refractivity contribution < 1.29 is 9.47 Å². The highest BCUT2D eigenvalue weighted by atomic mass is 35.5. The molecule has 0 bridgehead atoms. The van der Waals surface area contributed by atoms with Gasteiger partial charge in [-0.2, -0.15) is 10.2 Å². The summed E-state index contributed by atoms with van der Waals surface area (Å²) in [5.74, 6) is 0.707. The Morgan fingerprint density at radius 1 is 1.23 bits per heavy atom. The Hall–Kier alpha value is -2.35. The van der Waals surface area contributed by atoms with Crippen LogP contribution in [0.5, 0.6) is 5.75 Å². The molecule has 160 valence electrons. The predicted octanol–water partition coefficient (Wildman–Crippen LogP) is 3.31. The Balaban J connectivity index is 1.36. The van der Waals surface area contributed by atoms with Crippen molar-refractivity contribution in [1.29, 1.82) is 0 Å². The summed E-state index contributed by atoms with van der Waals surface area (Å²) in [6, 6.07) is 9.65. The molecule has 0 saturated carbocycles. The molecule has 0 aliphatic carbocycles. The second-order valence-electron chi connectivity index (χ2n) is 7.72. The molecule has 3 aromatic rings. The molecule has 1 atom stereocenters. The van der Waals surface area contributed by atoms with Crippen LogP contribution >= 0.6 is 11.6 Å². The van der Waals surface area contributed by atoms with Crippen molar-refractivity contribution >= 4 is 11.6 Å². The number of aromatic nitrogens is 4. The fourth-order valence-corrected chi connectivity index (χ4v) is 4.01. The first kappa shape index (κ1) is 20.9. The van der Waals surface area contributed by atoms with Gasteiger partial charge in [-0.25, -0.2) is 0 Å². The quantitative estimate of drug-likeness (QED) is 0.576. The lowest BCUT2D eigenvalue weighted by Crippen LogP contribution is -2.38. The van der Waals surface area contributed by atoms with Crippen LogP contribution in [0.15, 0.2) is 36.5 Å². The van der Waals surface area contributed by atoms with E-state index in [1.54, 1.807) is 0 Å². The maximum Gasteiger partial charge on any atom is 0.137 e. The zero-order chi connectivity index (χ0) is 21.1. The minimum Gasteiger partial charge on any atom is -0.492 e. The van der Waals surface area contributed by atoms with E-state index in [9.17, 15) is 0 Å². The first-order valence-electron chi connectivity index (χ1n) is 10.2. The highest BCUT2D eigenvalue weighted by molar-refractivity contribution is 6.32. The Bertz CT molecular complexity index is 999. The molecule has 1 aromatic carbocycles. The molecular weight excluding hydrogens is 402 g/mol. The smallest absolute Gasteiger partial charge is 0.137 e. The van der Waals surface area contributed by atoms with Gasteiger partial charge >= 0.3 is 0 Å². The lowest BCUT2D eigenvalue weighted by molar-refractivity contribution is -0.0352. The van der Waals surface area contributed by atoms with Gasteiger partial charge in [0.1, 0.15) is 11.9 Å². The molecular formula is C22H28ClN5O2. The van der Waals surface area contributed by atoms with Crippen LogP contribution in [0.3, 0.4) is 0 Å². The number of aryl methyl sites for hydroxylation is 3. The van der Waals surface area contributed by atoms with Gasteiger partial charge in [-0.05, 0) is 25.1 Å². The highest BCUT2D eigenvalue weighted by Crippen LogP contribution is 2.25.